The molecule has 0 fully saturated rings. The van der Waals surface area contributed by atoms with Crippen LogP contribution in [0.1, 0.15) is 9.67 Å². The summed E-state index contributed by atoms with van der Waals surface area (Å²) in [5, 5.41) is 19.2. The largest absolute Gasteiger partial charge is 0.492 e. The van der Waals surface area contributed by atoms with Gasteiger partial charge in [0, 0.05) is 12.6 Å². The van der Waals surface area contributed by atoms with E-state index in [0.29, 0.717) is 15.6 Å². The minimum atomic E-state index is -0.771. The van der Waals surface area contributed by atoms with Gasteiger partial charge in [-0.15, -0.1) is 11.3 Å². The van der Waals surface area contributed by atoms with Gasteiger partial charge in [-0.25, -0.2) is 14.4 Å². The van der Waals surface area contributed by atoms with Crippen molar-refractivity contribution in [2.45, 2.75) is 0 Å². The van der Waals surface area contributed by atoms with Gasteiger partial charge in [0.15, 0.2) is 4.88 Å². The van der Waals surface area contributed by atoms with E-state index in [1.54, 1.807) is 6.07 Å². The fourth-order valence-corrected chi connectivity index (χ4v) is 2.27. The summed E-state index contributed by atoms with van der Waals surface area (Å²) in [6.07, 6.45) is 0. The minimum absolute atomic E-state index is 0.0979. The van der Waals surface area contributed by atoms with Crippen LogP contribution < -0.4 is 0 Å². The van der Waals surface area contributed by atoms with Gasteiger partial charge in [0.05, 0.1) is 0 Å². The summed E-state index contributed by atoms with van der Waals surface area (Å²) in [6, 6.07) is 5.64. The highest BCUT2D eigenvalue weighted by Crippen LogP contribution is 2.32. The predicted octanol–water partition coefficient (Wildman–Crippen LogP) is 2.12. The topological polar surface area (TPSA) is 73.7 Å². The smallest absolute Gasteiger partial charge is 0.292 e. The van der Waals surface area contributed by atoms with Gasteiger partial charge in [-0.2, -0.15) is 0 Å². The number of hydrogen-bond acceptors (Lipinski definition) is 5. The van der Waals surface area contributed by atoms with Crippen molar-refractivity contribution < 1.29 is 19.5 Å². The van der Waals surface area contributed by atoms with Crippen LogP contribution in [0.5, 0.6) is 5.88 Å². The number of hydroxylamine groups is 2. The number of benzene rings is 1. The molecule has 0 atom stereocenters. The van der Waals surface area contributed by atoms with Crippen molar-refractivity contribution in [2.24, 2.45) is 0 Å². The van der Waals surface area contributed by atoms with Crippen LogP contribution >= 0.6 is 11.3 Å². The molecule has 1 amide bonds. The maximum atomic E-state index is 13.0. The second-order valence-electron chi connectivity index (χ2n) is 3.51. The molecule has 2 rings (SSSR count). The lowest BCUT2D eigenvalue weighted by atomic mass is 10.2. The Morgan fingerprint density at radius 1 is 1.50 bits per heavy atom. The number of carbonyl (C=O) groups excluding carboxylic acids is 1. The lowest BCUT2D eigenvalue weighted by Gasteiger charge is -2.04. The molecule has 0 saturated carbocycles. The molecular formula is C11H9FN2O3S. The van der Waals surface area contributed by atoms with Crippen LogP contribution in [0.3, 0.4) is 0 Å². The van der Waals surface area contributed by atoms with Gasteiger partial charge in [-0.1, -0.05) is 12.1 Å². The predicted molar refractivity (Wildman–Crippen MR) is 63.1 cm³/mol. The Hall–Kier alpha value is -1.99. The first-order chi connectivity index (χ1) is 8.49. The van der Waals surface area contributed by atoms with E-state index in [-0.39, 0.29) is 4.88 Å². The maximum absolute atomic E-state index is 13.0. The van der Waals surface area contributed by atoms with E-state index in [9.17, 15) is 14.3 Å². The summed E-state index contributed by atoms with van der Waals surface area (Å²) >= 11 is 0.879. The summed E-state index contributed by atoms with van der Waals surface area (Å²) < 4.78 is 13.0. The fraction of sp³-hybridized carbons (Fsp3) is 0.0909. The molecule has 0 radical (unpaired) electrons. The summed E-state index contributed by atoms with van der Waals surface area (Å²) in [6.45, 7) is 0. The van der Waals surface area contributed by atoms with E-state index in [1.165, 1.54) is 18.2 Å². The zero-order valence-corrected chi connectivity index (χ0v) is 10.1. The van der Waals surface area contributed by atoms with E-state index >= 15 is 0 Å². The highest BCUT2D eigenvalue weighted by Gasteiger charge is 2.21. The highest BCUT2D eigenvalue weighted by atomic mass is 32.1. The molecular weight excluding hydrogens is 259 g/mol. The average Bonchev–Trinajstić information content (AvgIpc) is 2.70. The molecule has 18 heavy (non-hydrogen) atoms. The van der Waals surface area contributed by atoms with Crippen LogP contribution in [0.15, 0.2) is 24.3 Å². The van der Waals surface area contributed by atoms with Crippen molar-refractivity contribution in [3.05, 3.63) is 35.0 Å². The monoisotopic (exact) mass is 268 g/mol. The third kappa shape index (κ3) is 2.31. The molecule has 0 bridgehead atoms. The van der Waals surface area contributed by atoms with Gasteiger partial charge in [-0.3, -0.25) is 10.0 Å². The Morgan fingerprint density at radius 3 is 2.83 bits per heavy atom. The lowest BCUT2D eigenvalue weighted by molar-refractivity contribution is -0.0373. The average molecular weight is 268 g/mol. The lowest BCUT2D eigenvalue weighted by Crippen LogP contribution is -2.21. The molecule has 7 heteroatoms. The highest BCUT2D eigenvalue weighted by molar-refractivity contribution is 7.17. The molecule has 1 aromatic carbocycles. The third-order valence-corrected chi connectivity index (χ3v) is 3.25. The van der Waals surface area contributed by atoms with Crippen molar-refractivity contribution in [3.8, 4) is 16.5 Å². The van der Waals surface area contributed by atoms with Crippen LogP contribution in [-0.2, 0) is 0 Å². The first-order valence-electron chi connectivity index (χ1n) is 4.91. The Balaban J connectivity index is 2.43. The first kappa shape index (κ1) is 12.5. The van der Waals surface area contributed by atoms with Crippen LogP contribution in [0.2, 0.25) is 0 Å². The molecule has 0 spiro atoms. The number of halogens is 1. The van der Waals surface area contributed by atoms with Crippen molar-refractivity contribution >= 4 is 17.2 Å². The van der Waals surface area contributed by atoms with Gasteiger partial charge in [0.1, 0.15) is 10.8 Å². The Morgan fingerprint density at radius 2 is 2.22 bits per heavy atom. The van der Waals surface area contributed by atoms with E-state index in [0.717, 1.165) is 18.4 Å². The number of hydrogen-bond donors (Lipinski definition) is 2. The van der Waals surface area contributed by atoms with Crippen molar-refractivity contribution in [2.75, 3.05) is 7.05 Å². The zero-order valence-electron chi connectivity index (χ0n) is 9.29. The fourth-order valence-electron chi connectivity index (χ4n) is 1.34. The van der Waals surface area contributed by atoms with Crippen LogP contribution in [0.25, 0.3) is 10.6 Å². The molecule has 0 aliphatic rings. The molecule has 0 saturated heterocycles. The second kappa shape index (κ2) is 4.71. The number of nitrogens with zero attached hydrogens (tertiary/aromatic N) is 2. The molecule has 0 unspecified atom stereocenters. The van der Waals surface area contributed by atoms with Gasteiger partial charge in [0.25, 0.3) is 5.91 Å². The van der Waals surface area contributed by atoms with E-state index < -0.39 is 17.6 Å². The van der Waals surface area contributed by atoms with Gasteiger partial charge in [0.2, 0.25) is 5.88 Å². The van der Waals surface area contributed by atoms with Crippen LogP contribution in [0, 0.1) is 5.82 Å². The third-order valence-electron chi connectivity index (χ3n) is 2.17. The molecule has 1 heterocycles. The number of rotatable bonds is 2. The van der Waals surface area contributed by atoms with Gasteiger partial charge < -0.3 is 5.11 Å². The maximum Gasteiger partial charge on any atom is 0.292 e. The quantitative estimate of drug-likeness (QED) is 0.646. The molecule has 5 nitrogen and oxygen atoms in total. The molecule has 1 aromatic heterocycles. The van der Waals surface area contributed by atoms with Gasteiger partial charge >= 0.3 is 0 Å². The van der Waals surface area contributed by atoms with Crippen LogP contribution in [-0.4, -0.2) is 33.3 Å². The van der Waals surface area contributed by atoms with Crippen molar-refractivity contribution in [1.29, 1.82) is 0 Å². The number of thiazole rings is 1. The number of carbonyl (C=O) groups is 1. The normalized spacial score (nSPS) is 10.4. The molecule has 2 aromatic rings. The van der Waals surface area contributed by atoms with Gasteiger partial charge in [-0.05, 0) is 12.1 Å². The van der Waals surface area contributed by atoms with Crippen LogP contribution in [0.4, 0.5) is 4.39 Å². The molecule has 0 aliphatic carbocycles. The summed E-state index contributed by atoms with van der Waals surface area (Å²) in [5.41, 5.74) is 0.454. The standard InChI is InChI=1S/C11H9FN2O3S/c1-14(17)11(16)8-9(15)13-10(18-8)6-3-2-4-7(12)5-6/h2-5,15,17H,1H3. The molecule has 0 aliphatic heterocycles. The zero-order chi connectivity index (χ0) is 13.3. The van der Waals surface area contributed by atoms with E-state index in [1.807, 2.05) is 0 Å². The minimum Gasteiger partial charge on any atom is -0.492 e. The van der Waals surface area contributed by atoms with Crippen molar-refractivity contribution in [1.82, 2.24) is 10.0 Å². The Bertz CT molecular complexity index is 598. The number of amides is 1. The van der Waals surface area contributed by atoms with E-state index in [2.05, 4.69) is 4.98 Å². The van der Waals surface area contributed by atoms with Crippen molar-refractivity contribution in [3.63, 3.8) is 0 Å². The Labute approximate surface area is 106 Å². The van der Waals surface area contributed by atoms with E-state index in [4.69, 9.17) is 5.21 Å². The summed E-state index contributed by atoms with van der Waals surface area (Å²) in [4.78, 5) is 15.2. The second-order valence-corrected chi connectivity index (χ2v) is 4.51. The number of aromatic nitrogens is 1. The summed E-state index contributed by atoms with van der Waals surface area (Å²) in [7, 11) is 1.14. The Kier molecular flexibility index (Phi) is 3.26. The number of aromatic hydroxyl groups is 1. The SMILES string of the molecule is CN(O)C(=O)c1sc(-c2cccc(F)c2)nc1O. The molecule has 94 valence electrons. The molecule has 2 N–H and O–H groups in total. The first-order valence-corrected chi connectivity index (χ1v) is 5.73. The summed E-state index contributed by atoms with van der Waals surface area (Å²) in [5.74, 6) is -1.69.